The number of amides is 1. The first kappa shape index (κ1) is 16.1. The lowest BCUT2D eigenvalue weighted by Gasteiger charge is -2.33. The fraction of sp³-hybridized carbons (Fsp3) is 0.316. The van der Waals surface area contributed by atoms with Crippen molar-refractivity contribution in [3.8, 4) is 0 Å². The summed E-state index contributed by atoms with van der Waals surface area (Å²) >= 11 is 5.87. The molecule has 1 fully saturated rings. The molecule has 0 spiro atoms. The van der Waals surface area contributed by atoms with E-state index in [0.29, 0.717) is 18.0 Å². The van der Waals surface area contributed by atoms with Gasteiger partial charge in [0.2, 0.25) is 0 Å². The van der Waals surface area contributed by atoms with E-state index in [1.807, 2.05) is 4.90 Å². The average molecular weight is 355 g/mol. The minimum absolute atomic E-state index is 0.0275. The number of halogens is 1. The highest BCUT2D eigenvalue weighted by Crippen LogP contribution is 2.31. The fourth-order valence-electron chi connectivity index (χ4n) is 3.75. The monoisotopic (exact) mass is 354 g/mol. The van der Waals surface area contributed by atoms with Gasteiger partial charge in [0.15, 0.2) is 5.15 Å². The summed E-state index contributed by atoms with van der Waals surface area (Å²) in [6, 6.07) is 12.2. The van der Waals surface area contributed by atoms with Gasteiger partial charge in [-0.15, -0.1) is 5.10 Å². The van der Waals surface area contributed by atoms with Crippen LogP contribution in [0.2, 0.25) is 5.15 Å². The highest BCUT2D eigenvalue weighted by Gasteiger charge is 2.27. The Morgan fingerprint density at radius 2 is 2.12 bits per heavy atom. The SMILES string of the molecule is Cn1c([C@@H]2CCCN(C(=O)c3cnnc(Cl)c3)C2)cc2ccccc21. The second-order valence-electron chi connectivity index (χ2n) is 6.54. The zero-order valence-electron chi connectivity index (χ0n) is 14.0. The number of hydrogen-bond acceptors (Lipinski definition) is 3. The Labute approximate surface area is 151 Å². The number of benzene rings is 1. The largest absolute Gasteiger partial charge is 0.347 e. The topological polar surface area (TPSA) is 51.0 Å². The number of likely N-dealkylation sites (tertiary alicyclic amines) is 1. The van der Waals surface area contributed by atoms with Gasteiger partial charge in [-0.25, -0.2) is 0 Å². The number of piperidine rings is 1. The van der Waals surface area contributed by atoms with E-state index in [9.17, 15) is 4.79 Å². The summed E-state index contributed by atoms with van der Waals surface area (Å²) in [7, 11) is 2.10. The Balaban J connectivity index is 1.60. The number of nitrogens with zero attached hydrogens (tertiary/aromatic N) is 4. The molecule has 25 heavy (non-hydrogen) atoms. The van der Waals surface area contributed by atoms with Crippen LogP contribution in [0.3, 0.4) is 0 Å². The number of para-hydroxylation sites is 1. The van der Waals surface area contributed by atoms with Crippen molar-refractivity contribution in [3.05, 3.63) is 59.0 Å². The summed E-state index contributed by atoms with van der Waals surface area (Å²) in [5, 5.41) is 8.98. The number of carbonyl (C=O) groups is 1. The van der Waals surface area contributed by atoms with E-state index in [0.717, 1.165) is 19.4 Å². The first-order chi connectivity index (χ1) is 12.1. The third-order valence-corrected chi connectivity index (χ3v) is 5.17. The van der Waals surface area contributed by atoms with Crippen molar-refractivity contribution >= 4 is 28.4 Å². The second-order valence-corrected chi connectivity index (χ2v) is 6.93. The molecule has 0 saturated carbocycles. The molecule has 0 unspecified atom stereocenters. The van der Waals surface area contributed by atoms with E-state index in [4.69, 9.17) is 11.6 Å². The van der Waals surface area contributed by atoms with Crippen molar-refractivity contribution in [1.82, 2.24) is 19.7 Å². The van der Waals surface area contributed by atoms with Crippen molar-refractivity contribution in [2.75, 3.05) is 13.1 Å². The van der Waals surface area contributed by atoms with Gasteiger partial charge in [-0.1, -0.05) is 29.8 Å². The molecule has 128 valence electrons. The molecule has 1 aromatic carbocycles. The summed E-state index contributed by atoms with van der Waals surface area (Å²) in [6.07, 6.45) is 3.56. The molecule has 0 bridgehead atoms. The van der Waals surface area contributed by atoms with Gasteiger partial charge in [0.05, 0.1) is 11.8 Å². The third kappa shape index (κ3) is 3.00. The Morgan fingerprint density at radius 3 is 2.92 bits per heavy atom. The van der Waals surface area contributed by atoms with Gasteiger partial charge in [-0.3, -0.25) is 4.79 Å². The van der Waals surface area contributed by atoms with Crippen LogP contribution in [0.4, 0.5) is 0 Å². The van der Waals surface area contributed by atoms with Crippen LogP contribution < -0.4 is 0 Å². The smallest absolute Gasteiger partial charge is 0.255 e. The maximum atomic E-state index is 12.8. The van der Waals surface area contributed by atoms with Gasteiger partial charge in [0, 0.05) is 37.3 Å². The van der Waals surface area contributed by atoms with E-state index in [1.165, 1.54) is 22.8 Å². The first-order valence-electron chi connectivity index (χ1n) is 8.45. The van der Waals surface area contributed by atoms with Crippen LogP contribution >= 0.6 is 11.6 Å². The van der Waals surface area contributed by atoms with E-state index < -0.39 is 0 Å². The number of aryl methyl sites for hydroxylation is 1. The molecule has 3 aromatic rings. The summed E-state index contributed by atoms with van der Waals surface area (Å²) in [6.45, 7) is 1.47. The maximum absolute atomic E-state index is 12.8. The first-order valence-corrected chi connectivity index (χ1v) is 8.83. The molecular weight excluding hydrogens is 336 g/mol. The molecule has 1 aliphatic rings. The van der Waals surface area contributed by atoms with Gasteiger partial charge in [-0.2, -0.15) is 5.10 Å². The van der Waals surface area contributed by atoms with E-state index >= 15 is 0 Å². The van der Waals surface area contributed by atoms with Crippen LogP contribution in [0.15, 0.2) is 42.6 Å². The predicted molar refractivity (Wildman–Crippen MR) is 97.8 cm³/mol. The van der Waals surface area contributed by atoms with Crippen LogP contribution in [-0.4, -0.2) is 38.7 Å². The van der Waals surface area contributed by atoms with Crippen molar-refractivity contribution in [2.45, 2.75) is 18.8 Å². The Hall–Kier alpha value is -2.40. The lowest BCUT2D eigenvalue weighted by molar-refractivity contribution is 0.0704. The van der Waals surface area contributed by atoms with E-state index in [1.54, 1.807) is 6.07 Å². The Kier molecular flexibility index (Phi) is 4.17. The molecule has 5 nitrogen and oxygen atoms in total. The van der Waals surface area contributed by atoms with Crippen LogP contribution in [0, 0.1) is 0 Å². The van der Waals surface area contributed by atoms with Crippen LogP contribution in [0.1, 0.15) is 34.8 Å². The zero-order chi connectivity index (χ0) is 17.4. The molecule has 0 N–H and O–H groups in total. The van der Waals surface area contributed by atoms with Gasteiger partial charge < -0.3 is 9.47 Å². The van der Waals surface area contributed by atoms with Gasteiger partial charge in [0.25, 0.3) is 5.91 Å². The molecule has 1 atom stereocenters. The number of carbonyl (C=O) groups excluding carboxylic acids is 1. The van der Waals surface area contributed by atoms with Crippen LogP contribution in [-0.2, 0) is 7.05 Å². The second kappa shape index (κ2) is 6.48. The molecule has 4 rings (SSSR count). The summed E-state index contributed by atoms with van der Waals surface area (Å²) in [5.41, 5.74) is 3.01. The maximum Gasteiger partial charge on any atom is 0.255 e. The molecule has 2 aromatic heterocycles. The normalized spacial score (nSPS) is 17.8. The van der Waals surface area contributed by atoms with Gasteiger partial charge >= 0.3 is 0 Å². The fourth-order valence-corrected chi connectivity index (χ4v) is 3.91. The average Bonchev–Trinajstić information content (AvgIpc) is 2.98. The minimum Gasteiger partial charge on any atom is -0.347 e. The highest BCUT2D eigenvalue weighted by molar-refractivity contribution is 6.29. The molecule has 1 aliphatic heterocycles. The summed E-state index contributed by atoms with van der Waals surface area (Å²) < 4.78 is 2.25. The molecule has 0 aliphatic carbocycles. The minimum atomic E-state index is -0.0275. The van der Waals surface area contributed by atoms with Crippen LogP contribution in [0.5, 0.6) is 0 Å². The molecule has 0 radical (unpaired) electrons. The number of hydrogen-bond donors (Lipinski definition) is 0. The number of aromatic nitrogens is 3. The third-order valence-electron chi connectivity index (χ3n) is 4.99. The number of rotatable bonds is 2. The van der Waals surface area contributed by atoms with E-state index in [-0.39, 0.29) is 11.1 Å². The lowest BCUT2D eigenvalue weighted by Crippen LogP contribution is -2.39. The standard InChI is InChI=1S/C19H19ClN4O/c1-23-16-7-3-2-5-13(16)9-17(23)14-6-4-8-24(12-14)19(25)15-10-18(20)22-21-11-15/h2-3,5,7,9-11,14H,4,6,8,12H2,1H3/t14-/m1/s1. The quantitative estimate of drug-likeness (QED) is 0.706. The Morgan fingerprint density at radius 1 is 1.28 bits per heavy atom. The molecule has 1 amide bonds. The van der Waals surface area contributed by atoms with Crippen molar-refractivity contribution in [1.29, 1.82) is 0 Å². The Bertz CT molecular complexity index is 936. The predicted octanol–water partition coefficient (Wildman–Crippen LogP) is 3.64. The van der Waals surface area contributed by atoms with Crippen LogP contribution in [0.25, 0.3) is 10.9 Å². The van der Waals surface area contributed by atoms with Crippen molar-refractivity contribution < 1.29 is 4.79 Å². The van der Waals surface area contributed by atoms with Crippen molar-refractivity contribution in [3.63, 3.8) is 0 Å². The lowest BCUT2D eigenvalue weighted by atomic mass is 9.94. The van der Waals surface area contributed by atoms with Gasteiger partial charge in [-0.05, 0) is 36.4 Å². The van der Waals surface area contributed by atoms with Crippen molar-refractivity contribution in [2.24, 2.45) is 7.05 Å². The molecule has 6 heteroatoms. The highest BCUT2D eigenvalue weighted by atomic mass is 35.5. The molecule has 3 heterocycles. The molecule has 1 saturated heterocycles. The summed E-state index contributed by atoms with van der Waals surface area (Å²) in [4.78, 5) is 14.7. The summed E-state index contributed by atoms with van der Waals surface area (Å²) in [5.74, 6) is 0.306. The number of fused-ring (bicyclic) bond motifs is 1. The zero-order valence-corrected chi connectivity index (χ0v) is 14.8. The van der Waals surface area contributed by atoms with E-state index in [2.05, 4.69) is 52.1 Å². The molecular formula is C19H19ClN4O. The van der Waals surface area contributed by atoms with Gasteiger partial charge in [0.1, 0.15) is 0 Å².